The van der Waals surface area contributed by atoms with E-state index >= 15 is 0 Å². The zero-order chi connectivity index (χ0) is 13.1. The number of nitrogens with two attached hydrogens (primary N) is 1. The summed E-state index contributed by atoms with van der Waals surface area (Å²) in [5.74, 6) is -0.200. The summed E-state index contributed by atoms with van der Waals surface area (Å²) < 4.78 is 1.61. The Morgan fingerprint density at radius 2 is 2.28 bits per heavy atom. The monoisotopic (exact) mass is 264 g/mol. The summed E-state index contributed by atoms with van der Waals surface area (Å²) in [5, 5.41) is 7.19. The molecule has 18 heavy (non-hydrogen) atoms. The third-order valence-corrected chi connectivity index (χ3v) is 2.82. The van der Waals surface area contributed by atoms with Crippen molar-refractivity contribution in [3.8, 4) is 0 Å². The predicted octanol–water partition coefficient (Wildman–Crippen LogP) is 2.07. The van der Waals surface area contributed by atoms with Gasteiger partial charge < -0.3 is 11.1 Å². The van der Waals surface area contributed by atoms with Crippen LogP contribution in [0.4, 0.5) is 11.4 Å². The van der Waals surface area contributed by atoms with E-state index in [4.69, 9.17) is 17.3 Å². The first-order chi connectivity index (χ1) is 8.56. The maximum Gasteiger partial charge on any atom is 0.246 e. The van der Waals surface area contributed by atoms with Crippen LogP contribution in [-0.2, 0) is 11.3 Å². The van der Waals surface area contributed by atoms with E-state index in [0.29, 0.717) is 16.4 Å². The van der Waals surface area contributed by atoms with Gasteiger partial charge in [-0.2, -0.15) is 5.10 Å². The number of aromatic nitrogens is 2. The minimum absolute atomic E-state index is 0.143. The molecule has 1 amide bonds. The van der Waals surface area contributed by atoms with E-state index in [1.54, 1.807) is 29.1 Å². The number of benzene rings is 1. The standard InChI is InChI=1S/C12H13ClN4O/c1-8-4-5-15-17(8)7-12(18)16-11-6-9(14)2-3-10(11)13/h2-6H,7,14H2,1H3,(H,16,18). The molecule has 0 saturated carbocycles. The Morgan fingerprint density at radius 1 is 1.50 bits per heavy atom. The minimum atomic E-state index is -0.200. The highest BCUT2D eigenvalue weighted by atomic mass is 35.5. The van der Waals surface area contributed by atoms with Crippen LogP contribution in [0.15, 0.2) is 30.5 Å². The molecule has 0 spiro atoms. The number of carbonyl (C=O) groups is 1. The SMILES string of the molecule is Cc1ccnn1CC(=O)Nc1cc(N)ccc1Cl. The highest BCUT2D eigenvalue weighted by molar-refractivity contribution is 6.33. The molecule has 0 bridgehead atoms. The zero-order valence-corrected chi connectivity index (χ0v) is 10.6. The van der Waals surface area contributed by atoms with Crippen molar-refractivity contribution in [2.45, 2.75) is 13.5 Å². The fourth-order valence-corrected chi connectivity index (χ4v) is 1.69. The quantitative estimate of drug-likeness (QED) is 0.834. The Balaban J connectivity index is 2.08. The summed E-state index contributed by atoms with van der Waals surface area (Å²) in [6.07, 6.45) is 1.65. The van der Waals surface area contributed by atoms with Gasteiger partial charge in [-0.15, -0.1) is 0 Å². The third kappa shape index (κ3) is 2.81. The Kier molecular flexibility index (Phi) is 3.53. The number of hydrogen-bond donors (Lipinski definition) is 2. The minimum Gasteiger partial charge on any atom is -0.399 e. The first kappa shape index (κ1) is 12.4. The Hall–Kier alpha value is -2.01. The second-order valence-corrected chi connectivity index (χ2v) is 4.32. The van der Waals surface area contributed by atoms with Gasteiger partial charge in [0.15, 0.2) is 0 Å². The van der Waals surface area contributed by atoms with Crippen LogP contribution in [0.3, 0.4) is 0 Å². The van der Waals surface area contributed by atoms with Gasteiger partial charge in [0.1, 0.15) is 6.54 Å². The smallest absolute Gasteiger partial charge is 0.246 e. The lowest BCUT2D eigenvalue weighted by Gasteiger charge is -2.09. The number of aryl methyl sites for hydroxylation is 1. The molecule has 3 N–H and O–H groups in total. The molecule has 94 valence electrons. The van der Waals surface area contributed by atoms with Crippen molar-refractivity contribution in [2.75, 3.05) is 11.1 Å². The van der Waals surface area contributed by atoms with Crippen LogP contribution in [0.1, 0.15) is 5.69 Å². The van der Waals surface area contributed by atoms with E-state index in [2.05, 4.69) is 10.4 Å². The number of hydrogen-bond acceptors (Lipinski definition) is 3. The molecule has 1 aromatic heterocycles. The molecule has 0 saturated heterocycles. The van der Waals surface area contributed by atoms with Crippen molar-refractivity contribution < 1.29 is 4.79 Å². The van der Waals surface area contributed by atoms with E-state index in [0.717, 1.165) is 5.69 Å². The number of rotatable bonds is 3. The van der Waals surface area contributed by atoms with Gasteiger partial charge in [-0.25, -0.2) is 0 Å². The second kappa shape index (κ2) is 5.10. The lowest BCUT2D eigenvalue weighted by Crippen LogP contribution is -2.20. The van der Waals surface area contributed by atoms with Gasteiger partial charge in [0.2, 0.25) is 5.91 Å². The predicted molar refractivity (Wildman–Crippen MR) is 71.5 cm³/mol. The third-order valence-electron chi connectivity index (χ3n) is 2.49. The fourth-order valence-electron chi connectivity index (χ4n) is 1.53. The molecular formula is C12H13ClN4O. The lowest BCUT2D eigenvalue weighted by molar-refractivity contribution is -0.116. The average Bonchev–Trinajstić information content (AvgIpc) is 2.70. The van der Waals surface area contributed by atoms with Gasteiger partial charge >= 0.3 is 0 Å². The summed E-state index contributed by atoms with van der Waals surface area (Å²) in [5.41, 5.74) is 7.61. The molecule has 0 aliphatic rings. The van der Waals surface area contributed by atoms with Crippen molar-refractivity contribution in [3.63, 3.8) is 0 Å². The maximum absolute atomic E-state index is 11.8. The van der Waals surface area contributed by atoms with Gasteiger partial charge in [0.25, 0.3) is 0 Å². The number of nitrogens with zero attached hydrogens (tertiary/aromatic N) is 2. The van der Waals surface area contributed by atoms with E-state index < -0.39 is 0 Å². The highest BCUT2D eigenvalue weighted by Gasteiger charge is 2.08. The molecule has 2 rings (SSSR count). The van der Waals surface area contributed by atoms with Gasteiger partial charge in [-0.3, -0.25) is 9.48 Å². The zero-order valence-electron chi connectivity index (χ0n) is 9.85. The van der Waals surface area contributed by atoms with Crippen molar-refractivity contribution in [2.24, 2.45) is 0 Å². The summed E-state index contributed by atoms with van der Waals surface area (Å²) in [7, 11) is 0. The molecule has 0 aliphatic heterocycles. The number of halogens is 1. The average molecular weight is 265 g/mol. The van der Waals surface area contributed by atoms with E-state index in [9.17, 15) is 4.79 Å². The van der Waals surface area contributed by atoms with Crippen LogP contribution in [0.5, 0.6) is 0 Å². The number of nitrogens with one attached hydrogen (secondary N) is 1. The summed E-state index contributed by atoms with van der Waals surface area (Å²) in [6.45, 7) is 2.03. The Morgan fingerprint density at radius 3 is 2.94 bits per heavy atom. The molecule has 1 heterocycles. The van der Waals surface area contributed by atoms with E-state index in [1.165, 1.54) is 0 Å². The van der Waals surface area contributed by atoms with E-state index in [1.807, 2.05) is 13.0 Å². The topological polar surface area (TPSA) is 72.9 Å². The molecule has 6 heteroatoms. The molecule has 0 fully saturated rings. The molecular weight excluding hydrogens is 252 g/mol. The Bertz CT molecular complexity index is 579. The molecule has 0 aliphatic carbocycles. The number of amides is 1. The van der Waals surface area contributed by atoms with Crippen molar-refractivity contribution in [3.05, 3.63) is 41.2 Å². The highest BCUT2D eigenvalue weighted by Crippen LogP contribution is 2.23. The van der Waals surface area contributed by atoms with Crippen molar-refractivity contribution >= 4 is 28.9 Å². The molecule has 5 nitrogen and oxygen atoms in total. The normalized spacial score (nSPS) is 10.3. The fraction of sp³-hybridized carbons (Fsp3) is 0.167. The van der Waals surface area contributed by atoms with Gasteiger partial charge in [0, 0.05) is 17.6 Å². The first-order valence-electron chi connectivity index (χ1n) is 5.39. The number of nitrogen functional groups attached to an aromatic ring is 1. The van der Waals surface area contributed by atoms with Crippen LogP contribution in [0, 0.1) is 6.92 Å². The Labute approximate surface area is 110 Å². The van der Waals surface area contributed by atoms with Crippen LogP contribution >= 0.6 is 11.6 Å². The molecule has 1 aromatic carbocycles. The molecule has 0 atom stereocenters. The van der Waals surface area contributed by atoms with Crippen LogP contribution in [0.2, 0.25) is 5.02 Å². The number of carbonyl (C=O) groups excluding carboxylic acids is 1. The summed E-state index contributed by atoms with van der Waals surface area (Å²) in [6, 6.07) is 6.78. The van der Waals surface area contributed by atoms with Crippen molar-refractivity contribution in [1.82, 2.24) is 9.78 Å². The molecule has 2 aromatic rings. The van der Waals surface area contributed by atoms with E-state index in [-0.39, 0.29) is 12.5 Å². The van der Waals surface area contributed by atoms with Gasteiger partial charge in [-0.05, 0) is 31.2 Å². The van der Waals surface area contributed by atoms with Crippen LogP contribution in [0.25, 0.3) is 0 Å². The molecule has 0 radical (unpaired) electrons. The largest absolute Gasteiger partial charge is 0.399 e. The maximum atomic E-state index is 11.8. The van der Waals surface area contributed by atoms with Crippen molar-refractivity contribution in [1.29, 1.82) is 0 Å². The van der Waals surface area contributed by atoms with Gasteiger partial charge in [0.05, 0.1) is 10.7 Å². The first-order valence-corrected chi connectivity index (χ1v) is 5.77. The summed E-state index contributed by atoms with van der Waals surface area (Å²) >= 11 is 5.96. The second-order valence-electron chi connectivity index (χ2n) is 3.92. The van der Waals surface area contributed by atoms with Gasteiger partial charge in [-0.1, -0.05) is 11.6 Å². The lowest BCUT2D eigenvalue weighted by atomic mass is 10.3. The number of anilines is 2. The van der Waals surface area contributed by atoms with Crippen LogP contribution < -0.4 is 11.1 Å². The summed E-state index contributed by atoms with van der Waals surface area (Å²) in [4.78, 5) is 11.8. The molecule has 0 unspecified atom stereocenters. The van der Waals surface area contributed by atoms with Crippen LogP contribution in [-0.4, -0.2) is 15.7 Å².